The van der Waals surface area contributed by atoms with Crippen LogP contribution in [0.1, 0.15) is 12.0 Å². The molecule has 1 heterocycles. The largest absolute Gasteiger partial charge is 0.497 e. The van der Waals surface area contributed by atoms with E-state index in [2.05, 4.69) is 10.6 Å². The van der Waals surface area contributed by atoms with Gasteiger partial charge in [0.25, 0.3) is 0 Å². The first-order valence-corrected chi connectivity index (χ1v) is 6.48. The molecule has 6 nitrogen and oxygen atoms in total. The van der Waals surface area contributed by atoms with Crippen LogP contribution in [-0.4, -0.2) is 36.7 Å². The summed E-state index contributed by atoms with van der Waals surface area (Å²) in [6, 6.07) is 7.28. The highest BCUT2D eigenvalue weighted by Crippen LogP contribution is 2.15. The Kier molecular flexibility index (Phi) is 4.57. The van der Waals surface area contributed by atoms with E-state index in [-0.39, 0.29) is 6.54 Å². The predicted octanol–water partition coefficient (Wildman–Crippen LogP) is -0.192. The normalized spacial score (nSPS) is 22.0. The number of amides is 2. The number of carbonyl (C=O) groups is 2. The molecule has 2 rings (SSSR count). The number of aliphatic hydroxyl groups excluding tert-OH is 1. The van der Waals surface area contributed by atoms with Crippen LogP contribution in [-0.2, 0) is 16.1 Å². The zero-order chi connectivity index (χ0) is 14.5. The molecule has 0 aromatic heterocycles. The van der Waals surface area contributed by atoms with Crippen molar-refractivity contribution in [3.8, 4) is 5.75 Å². The number of carbonyl (C=O) groups excluding carboxylic acids is 2. The first-order chi connectivity index (χ1) is 9.61. The molecular formula is C14H18N2O4. The van der Waals surface area contributed by atoms with E-state index in [0.29, 0.717) is 18.7 Å². The van der Waals surface area contributed by atoms with Crippen LogP contribution in [0.5, 0.6) is 5.75 Å². The second-order valence-corrected chi connectivity index (χ2v) is 4.69. The lowest BCUT2D eigenvalue weighted by Crippen LogP contribution is -2.51. The van der Waals surface area contributed by atoms with Crippen molar-refractivity contribution in [1.29, 1.82) is 0 Å². The van der Waals surface area contributed by atoms with Crippen LogP contribution in [0.25, 0.3) is 0 Å². The van der Waals surface area contributed by atoms with E-state index in [1.807, 2.05) is 18.2 Å². The predicted molar refractivity (Wildman–Crippen MR) is 72.0 cm³/mol. The van der Waals surface area contributed by atoms with Crippen molar-refractivity contribution in [2.75, 3.05) is 13.7 Å². The molecule has 1 aromatic rings. The molecule has 0 radical (unpaired) electrons. The molecule has 1 aliphatic heterocycles. The van der Waals surface area contributed by atoms with Crippen LogP contribution in [0.15, 0.2) is 24.3 Å². The van der Waals surface area contributed by atoms with Gasteiger partial charge in [0.05, 0.1) is 13.2 Å². The van der Waals surface area contributed by atoms with Gasteiger partial charge < -0.3 is 20.5 Å². The number of benzene rings is 1. The number of ether oxygens (including phenoxy) is 1. The summed E-state index contributed by atoms with van der Waals surface area (Å²) in [5, 5.41) is 15.0. The molecule has 0 saturated carbocycles. The van der Waals surface area contributed by atoms with E-state index in [0.717, 1.165) is 5.56 Å². The van der Waals surface area contributed by atoms with E-state index in [4.69, 9.17) is 4.74 Å². The smallest absolute Gasteiger partial charge is 0.235 e. The Morgan fingerprint density at radius 3 is 3.05 bits per heavy atom. The number of aliphatic hydroxyl groups is 1. The monoisotopic (exact) mass is 278 g/mol. The van der Waals surface area contributed by atoms with E-state index in [9.17, 15) is 14.7 Å². The Morgan fingerprint density at radius 2 is 2.35 bits per heavy atom. The molecule has 0 spiro atoms. The Hall–Kier alpha value is -2.08. The maximum absolute atomic E-state index is 12.0. The quantitative estimate of drug-likeness (QED) is 0.666. The summed E-state index contributed by atoms with van der Waals surface area (Å²) in [6.07, 6.45) is -0.530. The van der Waals surface area contributed by atoms with Crippen molar-refractivity contribution < 1.29 is 19.4 Å². The molecule has 6 heteroatoms. The summed E-state index contributed by atoms with van der Waals surface area (Å²) < 4.78 is 5.10. The topological polar surface area (TPSA) is 87.7 Å². The van der Waals surface area contributed by atoms with Gasteiger partial charge in [-0.3, -0.25) is 9.59 Å². The highest BCUT2D eigenvalue weighted by molar-refractivity contribution is 6.01. The molecule has 108 valence electrons. The second-order valence-electron chi connectivity index (χ2n) is 4.69. The van der Waals surface area contributed by atoms with Gasteiger partial charge >= 0.3 is 0 Å². The first kappa shape index (κ1) is 14.3. The van der Waals surface area contributed by atoms with Gasteiger partial charge in [0.1, 0.15) is 11.7 Å². The minimum absolute atomic E-state index is 0.284. The number of methoxy groups -OCH3 is 1. The van der Waals surface area contributed by atoms with Crippen molar-refractivity contribution in [3.05, 3.63) is 29.8 Å². The van der Waals surface area contributed by atoms with Crippen LogP contribution in [0.2, 0.25) is 0 Å². The summed E-state index contributed by atoms with van der Waals surface area (Å²) in [4.78, 5) is 23.6. The van der Waals surface area contributed by atoms with Crippen molar-refractivity contribution >= 4 is 11.8 Å². The fourth-order valence-electron chi connectivity index (χ4n) is 2.17. The lowest BCUT2D eigenvalue weighted by Gasteiger charge is -2.26. The van der Waals surface area contributed by atoms with E-state index in [1.54, 1.807) is 13.2 Å². The van der Waals surface area contributed by atoms with E-state index >= 15 is 0 Å². The van der Waals surface area contributed by atoms with Gasteiger partial charge in [0.2, 0.25) is 11.8 Å². The van der Waals surface area contributed by atoms with Crippen LogP contribution in [0, 0.1) is 5.92 Å². The van der Waals surface area contributed by atoms with Crippen molar-refractivity contribution in [2.45, 2.75) is 19.1 Å². The zero-order valence-electron chi connectivity index (χ0n) is 11.3. The van der Waals surface area contributed by atoms with Gasteiger partial charge in [0.15, 0.2) is 0 Å². The summed E-state index contributed by atoms with van der Waals surface area (Å²) >= 11 is 0. The standard InChI is InChI=1S/C14H18N2O4/c1-20-10-4-2-3-9(7-10)8-16-14(19)12-11(17)5-6-15-13(12)18/h2-4,7,11-12,17H,5-6,8H2,1H3,(H,15,18)(H,16,19). The van der Waals surface area contributed by atoms with Crippen LogP contribution >= 0.6 is 0 Å². The molecule has 1 aromatic carbocycles. The molecule has 2 amide bonds. The number of hydrogen-bond donors (Lipinski definition) is 3. The summed E-state index contributed by atoms with van der Waals surface area (Å²) in [5.74, 6) is -1.22. The maximum Gasteiger partial charge on any atom is 0.235 e. The Balaban J connectivity index is 1.95. The molecule has 0 aliphatic carbocycles. The van der Waals surface area contributed by atoms with Gasteiger partial charge in [0, 0.05) is 13.1 Å². The van der Waals surface area contributed by atoms with Crippen LogP contribution in [0.3, 0.4) is 0 Å². The zero-order valence-corrected chi connectivity index (χ0v) is 11.3. The molecule has 20 heavy (non-hydrogen) atoms. The average Bonchev–Trinajstić information content (AvgIpc) is 2.45. The molecule has 2 atom stereocenters. The molecule has 2 unspecified atom stereocenters. The average molecular weight is 278 g/mol. The lowest BCUT2D eigenvalue weighted by atomic mass is 9.94. The summed E-state index contributed by atoms with van der Waals surface area (Å²) in [5.41, 5.74) is 0.864. The Labute approximate surface area is 117 Å². The number of piperidine rings is 1. The number of nitrogens with one attached hydrogen (secondary N) is 2. The molecule has 1 aliphatic rings. The van der Waals surface area contributed by atoms with Gasteiger partial charge in [-0.25, -0.2) is 0 Å². The van der Waals surface area contributed by atoms with Crippen LogP contribution in [0.4, 0.5) is 0 Å². The fourth-order valence-corrected chi connectivity index (χ4v) is 2.17. The number of hydrogen-bond acceptors (Lipinski definition) is 4. The highest BCUT2D eigenvalue weighted by Gasteiger charge is 2.36. The fraction of sp³-hybridized carbons (Fsp3) is 0.429. The third-order valence-corrected chi connectivity index (χ3v) is 3.29. The minimum Gasteiger partial charge on any atom is -0.497 e. The van der Waals surface area contributed by atoms with Crippen molar-refractivity contribution in [1.82, 2.24) is 10.6 Å². The molecule has 3 N–H and O–H groups in total. The molecule has 0 bridgehead atoms. The minimum atomic E-state index is -1.03. The van der Waals surface area contributed by atoms with Gasteiger partial charge in [-0.1, -0.05) is 12.1 Å². The molecular weight excluding hydrogens is 260 g/mol. The second kappa shape index (κ2) is 6.38. The molecule has 1 saturated heterocycles. The van der Waals surface area contributed by atoms with Gasteiger partial charge in [-0.2, -0.15) is 0 Å². The summed E-state index contributed by atoms with van der Waals surface area (Å²) in [7, 11) is 1.57. The van der Waals surface area contributed by atoms with E-state index < -0.39 is 23.8 Å². The first-order valence-electron chi connectivity index (χ1n) is 6.48. The maximum atomic E-state index is 12.0. The number of rotatable bonds is 4. The van der Waals surface area contributed by atoms with Crippen LogP contribution < -0.4 is 15.4 Å². The Morgan fingerprint density at radius 1 is 1.55 bits per heavy atom. The third-order valence-electron chi connectivity index (χ3n) is 3.29. The molecule has 1 fully saturated rings. The Bertz CT molecular complexity index is 504. The van der Waals surface area contributed by atoms with Gasteiger partial charge in [-0.15, -0.1) is 0 Å². The van der Waals surface area contributed by atoms with Crippen molar-refractivity contribution in [2.24, 2.45) is 5.92 Å². The SMILES string of the molecule is COc1cccc(CNC(=O)C2C(=O)NCCC2O)c1. The lowest BCUT2D eigenvalue weighted by molar-refractivity contribution is -0.142. The highest BCUT2D eigenvalue weighted by atomic mass is 16.5. The third kappa shape index (κ3) is 3.27. The summed E-state index contributed by atoms with van der Waals surface area (Å²) in [6.45, 7) is 0.687. The van der Waals surface area contributed by atoms with Gasteiger partial charge in [-0.05, 0) is 24.1 Å². The van der Waals surface area contributed by atoms with E-state index in [1.165, 1.54) is 0 Å². The van der Waals surface area contributed by atoms with Crippen molar-refractivity contribution in [3.63, 3.8) is 0 Å².